The average molecular weight is 1100 g/mol. The van der Waals surface area contributed by atoms with Gasteiger partial charge in [0.25, 0.3) is 0 Å². The average Bonchev–Trinajstić information content (AvgIpc) is 3.76. The minimum atomic E-state index is -1.22. The van der Waals surface area contributed by atoms with E-state index in [-0.39, 0.29) is 80.3 Å². The Morgan fingerprint density at radius 2 is 1.68 bits per heavy atom. The van der Waals surface area contributed by atoms with E-state index in [0.29, 0.717) is 43.1 Å². The van der Waals surface area contributed by atoms with Gasteiger partial charge in [-0.05, 0) is 135 Å². The lowest BCUT2D eigenvalue weighted by atomic mass is 9.83. The second-order valence-corrected chi connectivity index (χ2v) is 24.1. The van der Waals surface area contributed by atoms with Crippen molar-refractivity contribution >= 4 is 46.8 Å². The number of carbonyl (C=O) groups is 6. The van der Waals surface area contributed by atoms with E-state index in [1.807, 2.05) is 63.2 Å². The number of nitrogens with zero attached hydrogens (tertiary/aromatic N) is 4. The molecule has 4 aromatic rings. The zero-order valence-corrected chi connectivity index (χ0v) is 47.8. The number of amides is 6. The highest BCUT2D eigenvalue weighted by Gasteiger charge is 2.48. The van der Waals surface area contributed by atoms with Crippen LogP contribution in [0.5, 0.6) is 0 Å². The molecule has 9 rings (SSSR count). The standard InChI is InChI=1S/C62H81FN10O7/c1-38-32-71(48(30-65-38)34-70-24-25-80-36-39(70)2)35-55(75)73-37-62(7,50-23-18-42(27-52(50)73)26-41-16-20-46(63)21-17-41)60(79)66-31-54(74)67-47-22-19-44-29-53(58(77)68-51-15-11-13-43-12-9-10-14-49(43)51)72(33-45(44)28-47)59(78)56(61(4,5)6)69-57(76)40(3)64-8/h9-10,12,14,16-23,27-28,38-40,48,51,53,56,64-65H,11,13,15,24-26,29-37H2,1-8H3,(H,66,79)(H,67,74)(H,68,77)(H,69,76)/t38-,39-,40+,48-,51-,53+,56-,62-/m1/s1. The molecule has 6 amide bonds. The Morgan fingerprint density at radius 1 is 0.912 bits per heavy atom. The fourth-order valence-electron chi connectivity index (χ4n) is 12.2. The molecule has 1 aliphatic carbocycles. The summed E-state index contributed by atoms with van der Waals surface area (Å²) >= 11 is 0. The number of anilines is 2. The van der Waals surface area contributed by atoms with Crippen molar-refractivity contribution in [1.29, 1.82) is 0 Å². The molecule has 428 valence electrons. The number of hydrogen-bond acceptors (Lipinski definition) is 11. The number of likely N-dealkylation sites (N-methyl/N-ethyl adjacent to an activating group) is 1. The van der Waals surface area contributed by atoms with E-state index in [4.69, 9.17) is 4.74 Å². The van der Waals surface area contributed by atoms with Crippen LogP contribution in [0.3, 0.4) is 0 Å². The molecule has 6 N–H and O–H groups in total. The molecule has 2 fully saturated rings. The summed E-state index contributed by atoms with van der Waals surface area (Å²) in [5.41, 5.74) is 5.41. The molecule has 4 heterocycles. The van der Waals surface area contributed by atoms with Crippen LogP contribution in [0, 0.1) is 11.2 Å². The molecule has 18 heteroatoms. The van der Waals surface area contributed by atoms with Gasteiger partial charge in [-0.25, -0.2) is 4.39 Å². The van der Waals surface area contributed by atoms with E-state index in [9.17, 15) is 33.2 Å². The molecule has 80 heavy (non-hydrogen) atoms. The highest BCUT2D eigenvalue weighted by atomic mass is 19.1. The summed E-state index contributed by atoms with van der Waals surface area (Å²) in [6.07, 6.45) is 3.31. The quantitative estimate of drug-likeness (QED) is 0.0907. The Kier molecular flexibility index (Phi) is 17.9. The Labute approximate surface area is 470 Å². The fourth-order valence-corrected chi connectivity index (χ4v) is 12.2. The number of halogens is 1. The molecule has 0 radical (unpaired) electrons. The number of ether oxygens (including phenoxy) is 1. The summed E-state index contributed by atoms with van der Waals surface area (Å²) in [6, 6.07) is 23.5. The SMILES string of the molecule is CN[C@@H](C)C(=O)N[C@H](C(=O)N1Cc2cc(NC(=O)CNC(=O)[C@]3(C)CN(C(=O)CN4C[C@@H](C)NC[C@@H]4CN4CCOC[C@H]4C)c4cc(Cc5ccc(F)cc5)ccc43)ccc2C[C@H]1C(=O)N[C@@H]1CCCc2ccccc21)C(C)(C)C. The zero-order chi connectivity index (χ0) is 57.0. The normalized spacial score (nSPS) is 23.9. The molecular weight excluding hydrogens is 1020 g/mol. The van der Waals surface area contributed by atoms with Crippen molar-refractivity contribution in [2.24, 2.45) is 5.41 Å². The highest BCUT2D eigenvalue weighted by molar-refractivity contribution is 6.04. The smallest absolute Gasteiger partial charge is 0.246 e. The van der Waals surface area contributed by atoms with Gasteiger partial charge in [0, 0.05) is 75.2 Å². The molecular formula is C62H81FN10O7. The lowest BCUT2D eigenvalue weighted by molar-refractivity contribution is -0.147. The number of piperazine rings is 1. The molecule has 4 aliphatic heterocycles. The Balaban J connectivity index is 0.915. The first-order valence-electron chi connectivity index (χ1n) is 28.5. The minimum absolute atomic E-state index is 0.0397. The Bertz CT molecular complexity index is 2950. The first kappa shape index (κ1) is 58.1. The summed E-state index contributed by atoms with van der Waals surface area (Å²) in [7, 11) is 1.67. The van der Waals surface area contributed by atoms with Crippen molar-refractivity contribution in [3.63, 3.8) is 0 Å². The predicted molar refractivity (Wildman–Crippen MR) is 306 cm³/mol. The van der Waals surface area contributed by atoms with Crippen molar-refractivity contribution in [1.82, 2.24) is 41.3 Å². The van der Waals surface area contributed by atoms with Gasteiger partial charge in [-0.1, -0.05) is 75.4 Å². The van der Waals surface area contributed by atoms with Crippen LogP contribution in [0.25, 0.3) is 0 Å². The summed E-state index contributed by atoms with van der Waals surface area (Å²) in [6.45, 7) is 17.7. The molecule has 0 unspecified atom stereocenters. The van der Waals surface area contributed by atoms with Crippen molar-refractivity contribution in [2.75, 3.05) is 76.3 Å². The minimum Gasteiger partial charge on any atom is -0.379 e. The molecule has 8 atom stereocenters. The monoisotopic (exact) mass is 1100 g/mol. The molecule has 17 nitrogen and oxygen atoms in total. The van der Waals surface area contributed by atoms with Gasteiger partial charge in [-0.2, -0.15) is 0 Å². The topological polar surface area (TPSA) is 197 Å². The summed E-state index contributed by atoms with van der Waals surface area (Å²) in [5.74, 6) is -2.39. The largest absolute Gasteiger partial charge is 0.379 e. The summed E-state index contributed by atoms with van der Waals surface area (Å²) < 4.78 is 19.6. The maximum atomic E-state index is 14.9. The first-order valence-corrected chi connectivity index (χ1v) is 28.5. The molecule has 2 saturated heterocycles. The Hall–Kier alpha value is -6.57. The van der Waals surface area contributed by atoms with Crippen molar-refractivity contribution < 1.29 is 37.9 Å². The molecule has 5 aliphatic rings. The Morgan fingerprint density at radius 3 is 2.42 bits per heavy atom. The third-order valence-corrected chi connectivity index (χ3v) is 17.1. The van der Waals surface area contributed by atoms with Crippen molar-refractivity contribution in [3.05, 3.63) is 130 Å². The molecule has 0 saturated carbocycles. The van der Waals surface area contributed by atoms with Gasteiger partial charge in [0.2, 0.25) is 35.4 Å². The van der Waals surface area contributed by atoms with E-state index < -0.39 is 46.7 Å². The van der Waals surface area contributed by atoms with E-state index in [2.05, 4.69) is 61.6 Å². The first-order chi connectivity index (χ1) is 38.2. The zero-order valence-electron chi connectivity index (χ0n) is 47.8. The maximum absolute atomic E-state index is 14.9. The second kappa shape index (κ2) is 24.7. The van der Waals surface area contributed by atoms with Gasteiger partial charge >= 0.3 is 0 Å². The number of carbonyl (C=O) groups excluding carboxylic acids is 6. The van der Waals surface area contributed by atoms with E-state index in [0.717, 1.165) is 66.7 Å². The lowest BCUT2D eigenvalue weighted by Crippen LogP contribution is -2.62. The third-order valence-electron chi connectivity index (χ3n) is 17.1. The van der Waals surface area contributed by atoms with E-state index in [1.54, 1.807) is 55.0 Å². The van der Waals surface area contributed by atoms with Crippen LogP contribution in [-0.2, 0) is 64.7 Å². The summed E-state index contributed by atoms with van der Waals surface area (Å²) in [5, 5.41) is 18.6. The van der Waals surface area contributed by atoms with Crippen molar-refractivity contribution in [3.8, 4) is 0 Å². The van der Waals surface area contributed by atoms with Gasteiger partial charge in [0.15, 0.2) is 0 Å². The number of nitrogens with one attached hydrogen (secondary N) is 6. The highest BCUT2D eigenvalue weighted by Crippen LogP contribution is 2.42. The number of rotatable bonds is 16. The fraction of sp³-hybridized carbons (Fsp3) is 0.516. The number of aryl methyl sites for hydroxylation is 1. The van der Waals surface area contributed by atoms with Crippen LogP contribution in [0.4, 0.5) is 15.8 Å². The van der Waals surface area contributed by atoms with E-state index in [1.165, 1.54) is 17.7 Å². The van der Waals surface area contributed by atoms with Crippen LogP contribution < -0.4 is 36.8 Å². The lowest BCUT2D eigenvalue weighted by Gasteiger charge is -2.43. The summed E-state index contributed by atoms with van der Waals surface area (Å²) in [4.78, 5) is 94.1. The van der Waals surface area contributed by atoms with Gasteiger partial charge in [0.05, 0.1) is 43.8 Å². The van der Waals surface area contributed by atoms with Gasteiger partial charge in [-0.3, -0.25) is 38.6 Å². The van der Waals surface area contributed by atoms with Crippen molar-refractivity contribution in [2.45, 2.75) is 135 Å². The van der Waals surface area contributed by atoms with Crippen LogP contribution in [0.2, 0.25) is 0 Å². The number of morpholine rings is 1. The number of hydrogen-bond donors (Lipinski definition) is 6. The maximum Gasteiger partial charge on any atom is 0.246 e. The van der Waals surface area contributed by atoms with Gasteiger partial charge in [-0.15, -0.1) is 0 Å². The number of benzene rings is 4. The third kappa shape index (κ3) is 13.1. The molecule has 0 aromatic heterocycles. The van der Waals surface area contributed by atoms with E-state index >= 15 is 0 Å². The predicted octanol–water partition coefficient (Wildman–Crippen LogP) is 4.74. The van der Waals surface area contributed by atoms with Crippen LogP contribution in [-0.4, -0.2) is 152 Å². The molecule has 4 aromatic carbocycles. The van der Waals surface area contributed by atoms with Crippen LogP contribution >= 0.6 is 0 Å². The molecule has 0 spiro atoms. The van der Waals surface area contributed by atoms with Crippen LogP contribution in [0.1, 0.15) is 106 Å². The van der Waals surface area contributed by atoms with Gasteiger partial charge in [0.1, 0.15) is 17.9 Å². The number of fused-ring (bicyclic) bond motifs is 3. The molecule has 0 bridgehead atoms. The van der Waals surface area contributed by atoms with Crippen LogP contribution in [0.15, 0.2) is 84.9 Å². The second-order valence-electron chi connectivity index (χ2n) is 24.1. The van der Waals surface area contributed by atoms with Gasteiger partial charge < -0.3 is 46.4 Å².